The Balaban J connectivity index is 2.16. The van der Waals surface area contributed by atoms with Gasteiger partial charge in [0.15, 0.2) is 6.04 Å². The zero-order chi connectivity index (χ0) is 12.6. The lowest BCUT2D eigenvalue weighted by atomic mass is 10.0. The molecule has 1 amide bonds. The SMILES string of the molecule is C/C=C1\C(=O)N2C(C(=O)O)C(SCCN)S[C@H]12. The first kappa shape index (κ1) is 12.8. The Morgan fingerprint density at radius 3 is 2.94 bits per heavy atom. The van der Waals surface area contributed by atoms with Crippen molar-refractivity contribution in [1.29, 1.82) is 0 Å². The summed E-state index contributed by atoms with van der Waals surface area (Å²) >= 11 is 3.06. The van der Waals surface area contributed by atoms with E-state index in [2.05, 4.69) is 0 Å². The van der Waals surface area contributed by atoms with Crippen molar-refractivity contribution in [2.24, 2.45) is 5.73 Å². The Kier molecular flexibility index (Phi) is 3.70. The number of hydrogen-bond donors (Lipinski definition) is 2. The van der Waals surface area contributed by atoms with Crippen LogP contribution in [0, 0.1) is 0 Å². The van der Waals surface area contributed by atoms with Crippen LogP contribution in [0.1, 0.15) is 6.92 Å². The smallest absolute Gasteiger partial charge is 0.328 e. The van der Waals surface area contributed by atoms with Crippen molar-refractivity contribution in [2.45, 2.75) is 22.9 Å². The van der Waals surface area contributed by atoms with Gasteiger partial charge in [-0.2, -0.15) is 0 Å². The molecular formula is C10H14N2O3S2. The molecule has 2 rings (SSSR count). The number of fused-ring (bicyclic) bond motifs is 1. The van der Waals surface area contributed by atoms with Crippen molar-refractivity contribution in [3.8, 4) is 0 Å². The normalized spacial score (nSPS) is 33.8. The molecule has 0 aromatic carbocycles. The number of carboxylic acid groups (broad SMARTS) is 1. The minimum absolute atomic E-state index is 0.0797. The van der Waals surface area contributed by atoms with Crippen LogP contribution in [-0.4, -0.2) is 50.2 Å². The van der Waals surface area contributed by atoms with Crippen molar-refractivity contribution >= 4 is 35.4 Å². The van der Waals surface area contributed by atoms with Crippen LogP contribution in [0.5, 0.6) is 0 Å². The zero-order valence-electron chi connectivity index (χ0n) is 9.33. The fourth-order valence-electron chi connectivity index (χ4n) is 2.00. The quantitative estimate of drug-likeness (QED) is 0.567. The maximum atomic E-state index is 11.8. The molecule has 2 aliphatic heterocycles. The number of carbonyl (C=O) groups is 2. The van der Waals surface area contributed by atoms with Crippen LogP contribution in [0.15, 0.2) is 11.6 Å². The highest BCUT2D eigenvalue weighted by Crippen LogP contribution is 2.50. The fraction of sp³-hybridized carbons (Fsp3) is 0.600. The molecule has 3 N–H and O–H groups in total. The summed E-state index contributed by atoms with van der Waals surface area (Å²) in [7, 11) is 0. The number of hydrogen-bond acceptors (Lipinski definition) is 5. The number of carboxylic acids is 1. The second-order valence-electron chi connectivity index (χ2n) is 3.76. The molecule has 2 unspecified atom stereocenters. The van der Waals surface area contributed by atoms with Crippen LogP contribution in [0.4, 0.5) is 0 Å². The molecule has 17 heavy (non-hydrogen) atoms. The van der Waals surface area contributed by atoms with Crippen molar-refractivity contribution in [2.75, 3.05) is 12.3 Å². The van der Waals surface area contributed by atoms with Crippen LogP contribution >= 0.6 is 23.5 Å². The summed E-state index contributed by atoms with van der Waals surface area (Å²) in [6.07, 6.45) is 1.77. The van der Waals surface area contributed by atoms with Crippen molar-refractivity contribution in [1.82, 2.24) is 4.90 Å². The second kappa shape index (κ2) is 4.91. The van der Waals surface area contributed by atoms with E-state index in [0.717, 1.165) is 5.57 Å². The fourth-order valence-corrected chi connectivity index (χ4v) is 5.11. The number of carbonyl (C=O) groups excluding carboxylic acids is 1. The minimum Gasteiger partial charge on any atom is -0.480 e. The average molecular weight is 274 g/mol. The van der Waals surface area contributed by atoms with Crippen LogP contribution in [-0.2, 0) is 9.59 Å². The number of rotatable bonds is 4. The van der Waals surface area contributed by atoms with E-state index in [1.165, 1.54) is 28.4 Å². The van der Waals surface area contributed by atoms with E-state index in [1.54, 1.807) is 13.0 Å². The Morgan fingerprint density at radius 2 is 2.41 bits per heavy atom. The summed E-state index contributed by atoms with van der Waals surface area (Å²) < 4.78 is -0.123. The molecule has 0 aromatic rings. The van der Waals surface area contributed by atoms with Gasteiger partial charge < -0.3 is 15.7 Å². The molecular weight excluding hydrogens is 260 g/mol. The third-order valence-corrected chi connectivity index (χ3v) is 5.85. The molecule has 5 nitrogen and oxygen atoms in total. The predicted octanol–water partition coefficient (Wildman–Crippen LogP) is 0.319. The molecule has 0 aromatic heterocycles. The van der Waals surface area contributed by atoms with E-state index in [0.29, 0.717) is 12.3 Å². The van der Waals surface area contributed by atoms with E-state index in [-0.39, 0.29) is 15.9 Å². The van der Waals surface area contributed by atoms with Crippen molar-refractivity contribution in [3.05, 3.63) is 11.6 Å². The van der Waals surface area contributed by atoms with Gasteiger partial charge in [0.25, 0.3) is 5.91 Å². The summed E-state index contributed by atoms with van der Waals surface area (Å²) in [5, 5.41) is 9.13. The maximum Gasteiger partial charge on any atom is 0.328 e. The summed E-state index contributed by atoms with van der Waals surface area (Å²) in [6.45, 7) is 2.32. The molecule has 2 heterocycles. The lowest BCUT2D eigenvalue weighted by Gasteiger charge is -2.38. The van der Waals surface area contributed by atoms with Gasteiger partial charge >= 0.3 is 5.97 Å². The van der Waals surface area contributed by atoms with Crippen LogP contribution in [0.25, 0.3) is 0 Å². The number of β-lactam (4-membered cyclic amide) rings is 1. The van der Waals surface area contributed by atoms with Gasteiger partial charge in [-0.05, 0) is 6.92 Å². The van der Waals surface area contributed by atoms with Gasteiger partial charge in [0.2, 0.25) is 0 Å². The molecule has 2 fully saturated rings. The number of aliphatic carboxylic acids is 1. The Labute approximate surface area is 108 Å². The van der Waals surface area contributed by atoms with E-state index < -0.39 is 12.0 Å². The highest BCUT2D eigenvalue weighted by atomic mass is 32.2. The van der Waals surface area contributed by atoms with Crippen LogP contribution in [0.2, 0.25) is 0 Å². The molecule has 94 valence electrons. The topological polar surface area (TPSA) is 83.6 Å². The van der Waals surface area contributed by atoms with E-state index in [9.17, 15) is 14.7 Å². The Hall–Kier alpha value is -0.660. The monoisotopic (exact) mass is 274 g/mol. The molecule has 0 spiro atoms. The van der Waals surface area contributed by atoms with E-state index in [1.807, 2.05) is 0 Å². The zero-order valence-corrected chi connectivity index (χ0v) is 11.0. The largest absolute Gasteiger partial charge is 0.480 e. The minimum atomic E-state index is -0.932. The Bertz CT molecular complexity index is 386. The van der Waals surface area contributed by atoms with Crippen molar-refractivity contribution in [3.63, 3.8) is 0 Å². The first-order valence-electron chi connectivity index (χ1n) is 5.30. The standard InChI is InChI=1S/C10H14N2O3S2/c1-2-5-7(13)12-6(9(14)15)10(16-4-3-11)17-8(5)12/h2,6,8,10H,3-4,11H2,1H3,(H,14,15)/b5-2+/t6?,8-,10?/m1/s1. The maximum absolute atomic E-state index is 11.8. The first-order chi connectivity index (χ1) is 8.11. The predicted molar refractivity (Wildman–Crippen MR) is 68.7 cm³/mol. The van der Waals surface area contributed by atoms with E-state index >= 15 is 0 Å². The number of nitrogens with zero attached hydrogens (tertiary/aromatic N) is 1. The van der Waals surface area contributed by atoms with Gasteiger partial charge in [0, 0.05) is 17.9 Å². The van der Waals surface area contributed by atoms with Crippen LogP contribution in [0.3, 0.4) is 0 Å². The number of allylic oxidation sites excluding steroid dienone is 1. The molecule has 7 heteroatoms. The highest BCUT2D eigenvalue weighted by Gasteiger charge is 2.57. The number of thioether (sulfide) groups is 2. The molecule has 3 atom stereocenters. The van der Waals surface area contributed by atoms with Gasteiger partial charge in [-0.3, -0.25) is 4.79 Å². The first-order valence-corrected chi connectivity index (χ1v) is 7.29. The summed E-state index contributed by atoms with van der Waals surface area (Å²) in [6, 6.07) is -0.724. The summed E-state index contributed by atoms with van der Waals surface area (Å²) in [5.41, 5.74) is 6.14. The molecule has 0 saturated carbocycles. The highest BCUT2D eigenvalue weighted by molar-refractivity contribution is 8.17. The van der Waals surface area contributed by atoms with E-state index in [4.69, 9.17) is 5.73 Å². The molecule has 2 aliphatic rings. The molecule has 0 aliphatic carbocycles. The van der Waals surface area contributed by atoms with Gasteiger partial charge in [0.05, 0.1) is 4.58 Å². The molecule has 0 radical (unpaired) electrons. The summed E-state index contributed by atoms with van der Waals surface area (Å²) in [5.74, 6) is -0.368. The van der Waals surface area contributed by atoms with Gasteiger partial charge in [-0.1, -0.05) is 6.08 Å². The molecule has 2 saturated heterocycles. The third-order valence-electron chi connectivity index (χ3n) is 2.78. The van der Waals surface area contributed by atoms with Gasteiger partial charge in [-0.15, -0.1) is 23.5 Å². The Morgan fingerprint density at radius 1 is 1.71 bits per heavy atom. The third kappa shape index (κ3) is 1.96. The second-order valence-corrected chi connectivity index (χ2v) is 6.53. The van der Waals surface area contributed by atoms with Crippen LogP contribution < -0.4 is 5.73 Å². The lowest BCUT2D eigenvalue weighted by molar-refractivity contribution is -0.151. The average Bonchev–Trinajstić information content (AvgIpc) is 2.62. The number of nitrogens with two attached hydrogens (primary N) is 1. The summed E-state index contributed by atoms with van der Waals surface area (Å²) in [4.78, 5) is 24.5. The number of amides is 1. The molecule has 0 bridgehead atoms. The van der Waals surface area contributed by atoms with Gasteiger partial charge in [0.1, 0.15) is 5.37 Å². The van der Waals surface area contributed by atoms with Crippen molar-refractivity contribution < 1.29 is 14.7 Å². The lowest BCUT2D eigenvalue weighted by Crippen LogP contribution is -2.57. The van der Waals surface area contributed by atoms with Gasteiger partial charge in [-0.25, -0.2) is 4.79 Å².